The van der Waals surface area contributed by atoms with Gasteiger partial charge in [-0.05, 0) is 25.0 Å². The van der Waals surface area contributed by atoms with Gasteiger partial charge in [-0.2, -0.15) is 0 Å². The van der Waals surface area contributed by atoms with Crippen molar-refractivity contribution < 1.29 is 9.90 Å². The number of rotatable bonds is 4. The first-order valence-corrected chi connectivity index (χ1v) is 8.03. The molecule has 1 saturated carbocycles. The van der Waals surface area contributed by atoms with Crippen LogP contribution in [0, 0.1) is 5.92 Å². The summed E-state index contributed by atoms with van der Waals surface area (Å²) in [5, 5.41) is 10.1. The van der Waals surface area contributed by atoms with Crippen molar-refractivity contribution in [1.29, 1.82) is 0 Å². The van der Waals surface area contributed by atoms with Crippen LogP contribution in [-0.2, 0) is 0 Å². The van der Waals surface area contributed by atoms with Gasteiger partial charge in [-0.25, -0.2) is 9.97 Å². The number of aliphatic hydroxyl groups excluding tert-OH is 1. The second kappa shape index (κ2) is 6.91. The van der Waals surface area contributed by atoms with E-state index in [4.69, 9.17) is 0 Å². The molecular formula is C17H22N4O2. The maximum atomic E-state index is 12.6. The minimum Gasteiger partial charge on any atom is -0.393 e. The number of hydrogen-bond donors (Lipinski definition) is 1. The van der Waals surface area contributed by atoms with Gasteiger partial charge in [0.1, 0.15) is 12.1 Å². The number of nitrogens with zero attached hydrogens (tertiary/aromatic N) is 4. The van der Waals surface area contributed by atoms with E-state index in [-0.39, 0.29) is 17.9 Å². The van der Waals surface area contributed by atoms with Crippen LogP contribution < -0.4 is 0 Å². The largest absolute Gasteiger partial charge is 0.393 e. The SMILES string of the molecule is CN(CC1CCCCC1O)C(=O)c1ccnc(-n2ccnc2)c1. The Morgan fingerprint density at radius 2 is 2.22 bits per heavy atom. The minimum absolute atomic E-state index is 0.0495. The van der Waals surface area contributed by atoms with Crippen molar-refractivity contribution >= 4 is 5.91 Å². The highest BCUT2D eigenvalue weighted by Gasteiger charge is 2.26. The fraction of sp³-hybridized carbons (Fsp3) is 0.471. The lowest BCUT2D eigenvalue weighted by Crippen LogP contribution is -2.38. The van der Waals surface area contributed by atoms with Crippen LogP contribution in [0.15, 0.2) is 37.1 Å². The van der Waals surface area contributed by atoms with E-state index in [1.54, 1.807) is 53.6 Å². The highest BCUT2D eigenvalue weighted by molar-refractivity contribution is 5.94. The third-order valence-corrected chi connectivity index (χ3v) is 4.49. The van der Waals surface area contributed by atoms with Crippen molar-refractivity contribution in [2.24, 2.45) is 5.92 Å². The second-order valence-corrected chi connectivity index (χ2v) is 6.17. The van der Waals surface area contributed by atoms with Crippen LogP contribution in [0.2, 0.25) is 0 Å². The van der Waals surface area contributed by atoms with Gasteiger partial charge in [-0.3, -0.25) is 9.36 Å². The molecular weight excluding hydrogens is 292 g/mol. The Labute approximate surface area is 135 Å². The first-order chi connectivity index (χ1) is 11.1. The predicted molar refractivity (Wildman–Crippen MR) is 86.3 cm³/mol. The molecule has 2 heterocycles. The monoisotopic (exact) mass is 314 g/mol. The number of amides is 1. The average Bonchev–Trinajstić information content (AvgIpc) is 3.11. The molecule has 0 aliphatic heterocycles. The van der Waals surface area contributed by atoms with Crippen molar-refractivity contribution in [2.75, 3.05) is 13.6 Å². The van der Waals surface area contributed by atoms with Gasteiger partial charge in [0, 0.05) is 43.7 Å². The lowest BCUT2D eigenvalue weighted by Gasteiger charge is -2.31. The maximum Gasteiger partial charge on any atom is 0.253 e. The van der Waals surface area contributed by atoms with Crippen LogP contribution in [-0.4, -0.2) is 50.1 Å². The Bertz CT molecular complexity index is 656. The van der Waals surface area contributed by atoms with Gasteiger partial charge in [-0.1, -0.05) is 12.8 Å². The summed E-state index contributed by atoms with van der Waals surface area (Å²) in [6.07, 6.45) is 10.5. The second-order valence-electron chi connectivity index (χ2n) is 6.17. The number of hydrogen-bond acceptors (Lipinski definition) is 4. The predicted octanol–water partition coefficient (Wildman–Crippen LogP) is 1.89. The summed E-state index contributed by atoms with van der Waals surface area (Å²) in [6, 6.07) is 3.48. The summed E-state index contributed by atoms with van der Waals surface area (Å²) < 4.78 is 1.77. The molecule has 0 saturated heterocycles. The van der Waals surface area contributed by atoms with E-state index in [2.05, 4.69) is 9.97 Å². The van der Waals surface area contributed by atoms with E-state index < -0.39 is 0 Å². The van der Waals surface area contributed by atoms with Crippen molar-refractivity contribution in [3.63, 3.8) is 0 Å². The first-order valence-electron chi connectivity index (χ1n) is 8.03. The molecule has 1 aliphatic carbocycles. The standard InChI is InChI=1S/C17H22N4O2/c1-20(11-14-4-2-3-5-15(14)22)17(23)13-6-7-19-16(10-13)21-9-8-18-12-21/h6-10,12,14-15,22H,2-5,11H2,1H3. The first kappa shape index (κ1) is 15.7. The lowest BCUT2D eigenvalue weighted by molar-refractivity contribution is 0.0451. The van der Waals surface area contributed by atoms with Gasteiger partial charge < -0.3 is 10.0 Å². The van der Waals surface area contributed by atoms with Gasteiger partial charge >= 0.3 is 0 Å². The van der Waals surface area contributed by atoms with Gasteiger partial charge in [0.25, 0.3) is 5.91 Å². The number of imidazole rings is 1. The summed E-state index contributed by atoms with van der Waals surface area (Å²) in [5.74, 6) is 0.790. The van der Waals surface area contributed by atoms with E-state index in [1.807, 2.05) is 0 Å². The molecule has 0 aromatic carbocycles. The van der Waals surface area contributed by atoms with Crippen LogP contribution in [0.25, 0.3) is 5.82 Å². The summed E-state index contributed by atoms with van der Waals surface area (Å²) in [6.45, 7) is 0.586. The normalized spacial score (nSPS) is 21.1. The number of carbonyl (C=O) groups excluding carboxylic acids is 1. The number of aliphatic hydroxyl groups is 1. The molecule has 122 valence electrons. The van der Waals surface area contributed by atoms with Gasteiger partial charge in [-0.15, -0.1) is 0 Å². The van der Waals surface area contributed by atoms with E-state index in [9.17, 15) is 9.90 Å². The fourth-order valence-electron chi connectivity index (χ4n) is 3.14. The van der Waals surface area contributed by atoms with Gasteiger partial charge in [0.05, 0.1) is 6.10 Å². The number of aromatic nitrogens is 3. The molecule has 0 bridgehead atoms. The summed E-state index contributed by atoms with van der Waals surface area (Å²) >= 11 is 0. The number of pyridine rings is 1. The Balaban J connectivity index is 1.71. The summed E-state index contributed by atoms with van der Waals surface area (Å²) in [7, 11) is 1.79. The molecule has 6 nitrogen and oxygen atoms in total. The van der Waals surface area contributed by atoms with Crippen LogP contribution >= 0.6 is 0 Å². The summed E-state index contributed by atoms with van der Waals surface area (Å²) in [5.41, 5.74) is 0.594. The Morgan fingerprint density at radius 3 is 2.96 bits per heavy atom. The van der Waals surface area contributed by atoms with E-state index in [0.717, 1.165) is 25.7 Å². The van der Waals surface area contributed by atoms with Crippen molar-refractivity contribution in [2.45, 2.75) is 31.8 Å². The van der Waals surface area contributed by atoms with Crippen molar-refractivity contribution in [3.8, 4) is 5.82 Å². The number of carbonyl (C=O) groups is 1. The third kappa shape index (κ3) is 3.59. The highest BCUT2D eigenvalue weighted by Crippen LogP contribution is 2.25. The van der Waals surface area contributed by atoms with E-state index in [1.165, 1.54) is 0 Å². The van der Waals surface area contributed by atoms with E-state index >= 15 is 0 Å². The zero-order valence-electron chi connectivity index (χ0n) is 13.3. The molecule has 2 unspecified atom stereocenters. The molecule has 2 aromatic heterocycles. The molecule has 0 radical (unpaired) electrons. The lowest BCUT2D eigenvalue weighted by atomic mass is 9.86. The summed E-state index contributed by atoms with van der Waals surface area (Å²) in [4.78, 5) is 22.6. The molecule has 23 heavy (non-hydrogen) atoms. The van der Waals surface area contributed by atoms with Gasteiger partial charge in [0.15, 0.2) is 0 Å². The molecule has 3 rings (SSSR count). The zero-order chi connectivity index (χ0) is 16.2. The van der Waals surface area contributed by atoms with Crippen LogP contribution in [0.3, 0.4) is 0 Å². The molecule has 6 heteroatoms. The third-order valence-electron chi connectivity index (χ3n) is 4.49. The Hall–Kier alpha value is -2.21. The van der Waals surface area contributed by atoms with Crippen LogP contribution in [0.4, 0.5) is 0 Å². The topological polar surface area (TPSA) is 71.2 Å². The maximum absolute atomic E-state index is 12.6. The minimum atomic E-state index is -0.294. The van der Waals surface area contributed by atoms with E-state index in [0.29, 0.717) is 17.9 Å². The van der Waals surface area contributed by atoms with Crippen LogP contribution in [0.5, 0.6) is 0 Å². The molecule has 0 spiro atoms. The smallest absolute Gasteiger partial charge is 0.253 e. The average molecular weight is 314 g/mol. The molecule has 2 aromatic rings. The zero-order valence-corrected chi connectivity index (χ0v) is 13.3. The molecule has 1 fully saturated rings. The molecule has 1 N–H and O–H groups in total. The molecule has 2 atom stereocenters. The van der Waals surface area contributed by atoms with Crippen molar-refractivity contribution in [3.05, 3.63) is 42.6 Å². The van der Waals surface area contributed by atoms with Gasteiger partial charge in [0.2, 0.25) is 0 Å². The van der Waals surface area contributed by atoms with Crippen LogP contribution in [0.1, 0.15) is 36.0 Å². The fourth-order valence-corrected chi connectivity index (χ4v) is 3.14. The Morgan fingerprint density at radius 1 is 1.39 bits per heavy atom. The Kier molecular flexibility index (Phi) is 4.71. The van der Waals surface area contributed by atoms with Crippen molar-refractivity contribution in [1.82, 2.24) is 19.4 Å². The highest BCUT2D eigenvalue weighted by atomic mass is 16.3. The quantitative estimate of drug-likeness (QED) is 0.935. The molecule has 1 amide bonds. The molecule has 1 aliphatic rings.